The summed E-state index contributed by atoms with van der Waals surface area (Å²) in [7, 11) is 0. The van der Waals surface area contributed by atoms with E-state index in [1.807, 2.05) is 24.4 Å². The highest BCUT2D eigenvalue weighted by molar-refractivity contribution is 7.10. The van der Waals surface area contributed by atoms with Gasteiger partial charge in [0.25, 0.3) is 5.91 Å². The van der Waals surface area contributed by atoms with E-state index in [1.54, 1.807) is 16.0 Å². The summed E-state index contributed by atoms with van der Waals surface area (Å²) >= 11 is 1.50. The third kappa shape index (κ3) is 3.97. The summed E-state index contributed by atoms with van der Waals surface area (Å²) in [6.45, 7) is 2.44. The van der Waals surface area contributed by atoms with E-state index >= 15 is 4.39 Å². The van der Waals surface area contributed by atoms with Gasteiger partial charge in [-0.15, -0.1) is 11.3 Å². The summed E-state index contributed by atoms with van der Waals surface area (Å²) in [5.74, 6) is -3.48. The van der Waals surface area contributed by atoms with Crippen LogP contribution in [0.25, 0.3) is 0 Å². The first-order chi connectivity index (χ1) is 16.9. The first-order valence-electron chi connectivity index (χ1n) is 11.2. The number of fused-ring (bicyclic) bond motifs is 5. The van der Waals surface area contributed by atoms with Crippen molar-refractivity contribution in [3.8, 4) is 11.5 Å². The first-order valence-corrected chi connectivity index (χ1v) is 12.1. The number of aromatic nitrogens is 1. The van der Waals surface area contributed by atoms with Crippen LogP contribution in [-0.2, 0) is 0 Å². The molecule has 2 aliphatic rings. The summed E-state index contributed by atoms with van der Waals surface area (Å²) in [4.78, 5) is 28.1. The van der Waals surface area contributed by atoms with Gasteiger partial charge in [-0.05, 0) is 48.9 Å². The fourth-order valence-corrected chi connectivity index (χ4v) is 5.29. The standard InChI is InChI=1S/C25H23F2N3O4S/c1-15-16(9-13-35-15)21-17-6-7-18(26)20(27)24(17)34-12-5-3-2-4-10-28-14-30(21)29-11-8-19(31)23(32)22(29)25(28)33/h3,5-9,11,13,21,32H,2,4,10,12,14H2,1H3/b5-3+. The van der Waals surface area contributed by atoms with E-state index in [0.29, 0.717) is 24.9 Å². The number of carbonyl (C=O) groups is 1. The second-order valence-corrected chi connectivity index (χ2v) is 9.53. The molecule has 10 heteroatoms. The molecule has 0 saturated carbocycles. The molecule has 1 N–H and O–H groups in total. The molecule has 4 heterocycles. The van der Waals surface area contributed by atoms with E-state index in [-0.39, 0.29) is 24.7 Å². The molecule has 0 radical (unpaired) electrons. The van der Waals surface area contributed by atoms with E-state index in [4.69, 9.17) is 4.74 Å². The molecule has 1 aromatic carbocycles. The summed E-state index contributed by atoms with van der Waals surface area (Å²) in [6, 6.07) is 4.87. The van der Waals surface area contributed by atoms with E-state index in [2.05, 4.69) is 0 Å². The Balaban J connectivity index is 1.81. The number of pyridine rings is 1. The Morgan fingerprint density at radius 3 is 2.71 bits per heavy atom. The lowest BCUT2D eigenvalue weighted by Gasteiger charge is -2.44. The number of aromatic hydroxyl groups is 1. The lowest BCUT2D eigenvalue weighted by molar-refractivity contribution is 0.0678. The van der Waals surface area contributed by atoms with Gasteiger partial charge >= 0.3 is 0 Å². The zero-order valence-electron chi connectivity index (χ0n) is 18.9. The highest BCUT2D eigenvalue weighted by Gasteiger charge is 2.38. The summed E-state index contributed by atoms with van der Waals surface area (Å²) in [5.41, 5.74) is 0.315. The number of hydrogen-bond acceptors (Lipinski definition) is 6. The van der Waals surface area contributed by atoms with Crippen LogP contribution in [0.15, 0.2) is 52.8 Å². The molecule has 0 aliphatic carbocycles. The first kappa shape index (κ1) is 23.1. The van der Waals surface area contributed by atoms with Crippen LogP contribution in [-0.4, -0.2) is 40.4 Å². The summed E-state index contributed by atoms with van der Waals surface area (Å²) in [6.07, 6.45) is 6.27. The lowest BCUT2D eigenvalue weighted by Crippen LogP contribution is -2.55. The molecule has 2 bridgehead atoms. The minimum Gasteiger partial charge on any atom is -0.502 e. The van der Waals surface area contributed by atoms with Gasteiger partial charge in [-0.2, -0.15) is 4.39 Å². The average molecular weight is 500 g/mol. The van der Waals surface area contributed by atoms with Gasteiger partial charge in [0.2, 0.25) is 11.2 Å². The van der Waals surface area contributed by atoms with Crippen LogP contribution in [0.3, 0.4) is 0 Å². The van der Waals surface area contributed by atoms with Crippen LogP contribution in [0.2, 0.25) is 0 Å². The maximum absolute atomic E-state index is 15.1. The van der Waals surface area contributed by atoms with Crippen molar-refractivity contribution in [2.45, 2.75) is 25.8 Å². The van der Waals surface area contributed by atoms with E-state index in [0.717, 1.165) is 16.5 Å². The van der Waals surface area contributed by atoms with Crippen molar-refractivity contribution in [1.82, 2.24) is 9.58 Å². The number of rotatable bonds is 1. The van der Waals surface area contributed by atoms with Crippen LogP contribution in [0, 0.1) is 18.6 Å². The number of aryl methyl sites for hydroxylation is 1. The van der Waals surface area contributed by atoms with E-state index in [9.17, 15) is 19.1 Å². The molecule has 7 nitrogen and oxygen atoms in total. The van der Waals surface area contributed by atoms with Crippen LogP contribution in [0.5, 0.6) is 11.5 Å². The van der Waals surface area contributed by atoms with Gasteiger partial charge in [-0.3, -0.25) is 19.3 Å². The van der Waals surface area contributed by atoms with Gasteiger partial charge in [0.1, 0.15) is 19.3 Å². The van der Waals surface area contributed by atoms with Crippen molar-refractivity contribution >= 4 is 17.2 Å². The quantitative estimate of drug-likeness (QED) is 0.511. The Morgan fingerprint density at radius 1 is 1.11 bits per heavy atom. The number of allylic oxidation sites excluding steroid dienone is 1. The highest BCUT2D eigenvalue weighted by atomic mass is 32.1. The number of thiophene rings is 1. The average Bonchev–Trinajstić information content (AvgIpc) is 3.26. The van der Waals surface area contributed by atoms with Gasteiger partial charge in [-0.25, -0.2) is 4.39 Å². The Kier molecular flexibility index (Phi) is 6.06. The summed E-state index contributed by atoms with van der Waals surface area (Å²) in [5, 5.41) is 14.3. The number of ether oxygens (including phenoxy) is 1. The fraction of sp³-hybridized carbons (Fsp3) is 0.280. The lowest BCUT2D eigenvalue weighted by atomic mass is 9.97. The molecule has 0 spiro atoms. The highest BCUT2D eigenvalue weighted by Crippen LogP contribution is 2.40. The molecule has 5 rings (SSSR count). The monoisotopic (exact) mass is 499 g/mol. The number of nitrogens with zero attached hydrogens (tertiary/aromatic N) is 3. The number of benzene rings is 1. The van der Waals surface area contributed by atoms with Gasteiger partial charge in [0.15, 0.2) is 23.0 Å². The Bertz CT molecular complexity index is 1380. The van der Waals surface area contributed by atoms with Gasteiger partial charge < -0.3 is 14.7 Å². The molecule has 2 aliphatic heterocycles. The molecule has 182 valence electrons. The molecule has 3 aromatic rings. The minimum absolute atomic E-state index is 0.0510. The number of halogens is 2. The molecule has 0 saturated heterocycles. The molecular formula is C25H23F2N3O4S. The maximum atomic E-state index is 15.1. The Hall–Kier alpha value is -3.66. The molecule has 35 heavy (non-hydrogen) atoms. The Morgan fingerprint density at radius 2 is 1.94 bits per heavy atom. The van der Waals surface area contributed by atoms with Crippen LogP contribution < -0.4 is 15.2 Å². The van der Waals surface area contributed by atoms with Crippen molar-refractivity contribution < 1.29 is 23.4 Å². The zero-order chi connectivity index (χ0) is 24.7. The van der Waals surface area contributed by atoms with Crippen LogP contribution in [0.4, 0.5) is 8.78 Å². The predicted molar refractivity (Wildman–Crippen MR) is 128 cm³/mol. The second-order valence-electron chi connectivity index (χ2n) is 8.41. The van der Waals surface area contributed by atoms with Crippen LogP contribution in [0.1, 0.15) is 45.4 Å². The largest absolute Gasteiger partial charge is 0.502 e. The van der Waals surface area contributed by atoms with E-state index in [1.165, 1.54) is 34.3 Å². The third-order valence-corrected chi connectivity index (χ3v) is 7.15. The zero-order valence-corrected chi connectivity index (χ0v) is 19.7. The van der Waals surface area contributed by atoms with Crippen LogP contribution >= 0.6 is 11.3 Å². The van der Waals surface area contributed by atoms with Gasteiger partial charge in [-0.1, -0.05) is 12.2 Å². The minimum atomic E-state index is -1.10. The van der Waals surface area contributed by atoms with Crippen molar-refractivity contribution in [2.75, 3.05) is 24.8 Å². The number of amides is 1. The van der Waals surface area contributed by atoms with Gasteiger partial charge in [0.05, 0.1) is 0 Å². The molecule has 1 amide bonds. The predicted octanol–water partition coefficient (Wildman–Crippen LogP) is 4.07. The number of hydrogen-bond donors (Lipinski definition) is 1. The summed E-state index contributed by atoms with van der Waals surface area (Å²) < 4.78 is 36.6. The normalized spacial score (nSPS) is 19.1. The van der Waals surface area contributed by atoms with Gasteiger partial charge in [0, 0.05) is 29.2 Å². The second kappa shape index (κ2) is 9.18. The van der Waals surface area contributed by atoms with Crippen molar-refractivity contribution in [3.63, 3.8) is 0 Å². The van der Waals surface area contributed by atoms with Crippen molar-refractivity contribution in [2.24, 2.45) is 0 Å². The molecule has 1 atom stereocenters. The van der Waals surface area contributed by atoms with Crippen molar-refractivity contribution in [3.05, 3.63) is 91.6 Å². The van der Waals surface area contributed by atoms with E-state index < -0.39 is 34.8 Å². The topological polar surface area (TPSA) is 75.0 Å². The molecule has 2 aromatic heterocycles. The van der Waals surface area contributed by atoms with Crippen molar-refractivity contribution in [1.29, 1.82) is 0 Å². The maximum Gasteiger partial charge on any atom is 0.277 e. The fourth-order valence-electron chi connectivity index (χ4n) is 4.56. The molecule has 1 unspecified atom stereocenters. The number of carbonyl (C=O) groups excluding carboxylic acids is 1. The Labute approximate surface area is 204 Å². The third-order valence-electron chi connectivity index (χ3n) is 6.29. The molecule has 0 fully saturated rings. The smallest absolute Gasteiger partial charge is 0.277 e. The SMILES string of the molecule is Cc1sccc1C1c2ccc(F)c(F)c2OC/C=C/CCCN2CN1n1ccc(=O)c(O)c1C2=O. The molecular weight excluding hydrogens is 476 g/mol.